The molecule has 0 spiro atoms. The number of alkyl halides is 3. The molecule has 0 aliphatic carbocycles. The zero-order valence-corrected chi connectivity index (χ0v) is 17.5. The highest BCUT2D eigenvalue weighted by molar-refractivity contribution is 7.92. The predicted octanol–water partition coefficient (Wildman–Crippen LogP) is 5.11. The van der Waals surface area contributed by atoms with Gasteiger partial charge in [0.25, 0.3) is 5.91 Å². The molecule has 0 aliphatic heterocycles. The Morgan fingerprint density at radius 2 is 1.77 bits per heavy atom. The molecule has 3 rings (SSSR count). The van der Waals surface area contributed by atoms with Gasteiger partial charge in [-0.2, -0.15) is 13.2 Å². The van der Waals surface area contributed by atoms with Crippen LogP contribution in [0.4, 0.5) is 24.5 Å². The van der Waals surface area contributed by atoms with Gasteiger partial charge < -0.3 is 5.32 Å². The molecule has 0 fully saturated rings. The number of benzene rings is 2. The molecule has 0 radical (unpaired) electrons. The number of hydrogen-bond acceptors (Lipinski definition) is 5. The molecule has 3 aromatic rings. The Kier molecular flexibility index (Phi) is 6.06. The molecule has 158 valence electrons. The molecule has 0 saturated heterocycles. The number of nitrogens with one attached hydrogen (secondary N) is 2. The van der Waals surface area contributed by atoms with Crippen LogP contribution in [0.2, 0.25) is 5.02 Å². The van der Waals surface area contributed by atoms with Gasteiger partial charge in [-0.1, -0.05) is 23.7 Å². The van der Waals surface area contributed by atoms with Crippen molar-refractivity contribution in [2.45, 2.75) is 6.18 Å². The second-order valence-corrected chi connectivity index (χ2v) is 9.17. The van der Waals surface area contributed by atoms with E-state index in [9.17, 15) is 26.4 Å². The first-order valence-electron chi connectivity index (χ1n) is 8.14. The topological polar surface area (TPSA) is 88.2 Å². The first kappa shape index (κ1) is 22.1. The van der Waals surface area contributed by atoms with Crippen molar-refractivity contribution >= 4 is 50.2 Å². The van der Waals surface area contributed by atoms with Crippen LogP contribution in [0.1, 0.15) is 16.1 Å². The molecule has 6 nitrogen and oxygen atoms in total. The van der Waals surface area contributed by atoms with Crippen LogP contribution in [0.3, 0.4) is 0 Å². The Labute approximate surface area is 178 Å². The molecule has 0 atom stereocenters. The van der Waals surface area contributed by atoms with Crippen LogP contribution in [0.5, 0.6) is 0 Å². The molecular formula is C18H13ClF3N3O3S2. The molecule has 0 unspecified atom stereocenters. The van der Waals surface area contributed by atoms with Crippen LogP contribution < -0.4 is 10.0 Å². The number of rotatable bonds is 5. The van der Waals surface area contributed by atoms with Gasteiger partial charge >= 0.3 is 6.18 Å². The molecule has 0 saturated carbocycles. The minimum Gasteiger partial charge on any atom is -0.319 e. The molecule has 2 aromatic carbocycles. The summed E-state index contributed by atoms with van der Waals surface area (Å²) in [5, 5.41) is 4.77. The first-order chi connectivity index (χ1) is 13.9. The van der Waals surface area contributed by atoms with Crippen molar-refractivity contribution in [3.63, 3.8) is 0 Å². The normalized spacial score (nSPS) is 11.9. The molecule has 2 N–H and O–H groups in total. The monoisotopic (exact) mass is 475 g/mol. The Morgan fingerprint density at radius 1 is 1.10 bits per heavy atom. The third-order valence-corrected chi connectivity index (χ3v) is 5.45. The maximum absolute atomic E-state index is 13.0. The fraction of sp³-hybridized carbons (Fsp3) is 0.111. The number of thiazole rings is 1. The van der Waals surface area contributed by atoms with E-state index in [1.165, 1.54) is 5.38 Å². The summed E-state index contributed by atoms with van der Waals surface area (Å²) in [4.78, 5) is 16.7. The molecule has 0 bridgehead atoms. The first-order valence-corrected chi connectivity index (χ1v) is 11.3. The Hall–Kier alpha value is -2.63. The van der Waals surface area contributed by atoms with Gasteiger partial charge in [-0.05, 0) is 30.3 Å². The van der Waals surface area contributed by atoms with E-state index >= 15 is 0 Å². The minimum absolute atomic E-state index is 0.0346. The predicted molar refractivity (Wildman–Crippen MR) is 110 cm³/mol. The Balaban J connectivity index is 1.90. The molecule has 1 aromatic heterocycles. The summed E-state index contributed by atoms with van der Waals surface area (Å²) in [5.74, 6) is -0.790. The quantitative estimate of drug-likeness (QED) is 0.537. The highest BCUT2D eigenvalue weighted by Crippen LogP contribution is 2.35. The second kappa shape index (κ2) is 8.25. The van der Waals surface area contributed by atoms with E-state index < -0.39 is 27.7 Å². The van der Waals surface area contributed by atoms with Gasteiger partial charge in [0.1, 0.15) is 10.7 Å². The number of halogens is 4. The zero-order chi connectivity index (χ0) is 22.1. The van der Waals surface area contributed by atoms with Gasteiger partial charge in [-0.3, -0.25) is 9.52 Å². The number of carbonyl (C=O) groups excluding carboxylic acids is 1. The van der Waals surface area contributed by atoms with Gasteiger partial charge in [-0.15, -0.1) is 11.3 Å². The second-order valence-electron chi connectivity index (χ2n) is 6.13. The summed E-state index contributed by atoms with van der Waals surface area (Å²) in [7, 11) is -3.79. The third-order valence-electron chi connectivity index (χ3n) is 3.72. The smallest absolute Gasteiger partial charge is 0.319 e. The average Bonchev–Trinajstić information content (AvgIpc) is 3.12. The lowest BCUT2D eigenvalue weighted by Crippen LogP contribution is -2.17. The molecular weight excluding hydrogens is 463 g/mol. The Bertz CT molecular complexity index is 1190. The lowest BCUT2D eigenvalue weighted by atomic mass is 10.1. The fourth-order valence-electron chi connectivity index (χ4n) is 2.40. The largest absolute Gasteiger partial charge is 0.416 e. The number of sulfonamides is 1. The van der Waals surface area contributed by atoms with Crippen molar-refractivity contribution in [1.82, 2.24) is 4.98 Å². The summed E-state index contributed by atoms with van der Waals surface area (Å²) in [6.07, 6.45) is -3.83. The maximum atomic E-state index is 13.0. The number of amides is 1. The number of aromatic nitrogens is 1. The van der Waals surface area contributed by atoms with Crippen LogP contribution in [-0.4, -0.2) is 25.6 Å². The summed E-state index contributed by atoms with van der Waals surface area (Å²) in [5.41, 5.74) is -0.917. The van der Waals surface area contributed by atoms with E-state index in [0.29, 0.717) is 27.7 Å². The van der Waals surface area contributed by atoms with Crippen LogP contribution in [-0.2, 0) is 16.2 Å². The van der Waals surface area contributed by atoms with Gasteiger partial charge in [0.05, 0.1) is 23.2 Å². The standard InChI is InChI=1S/C18H13ClF3N3O3S2/c1-30(27,28)25-13-7-4-11(18(20,21)22)8-14(13)23-16(26)15-9-29-17(24-15)10-2-5-12(19)6-3-10/h2-9,25H,1H3,(H,23,26). The SMILES string of the molecule is CS(=O)(=O)Nc1ccc(C(F)(F)F)cc1NC(=O)c1csc(-c2ccc(Cl)cc2)n1. The van der Waals surface area contributed by atoms with E-state index in [4.69, 9.17) is 11.6 Å². The molecule has 0 aliphatic rings. The lowest BCUT2D eigenvalue weighted by Gasteiger charge is -2.14. The number of anilines is 2. The summed E-state index contributed by atoms with van der Waals surface area (Å²) < 4.78 is 64.2. The van der Waals surface area contributed by atoms with E-state index in [0.717, 1.165) is 23.7 Å². The summed E-state index contributed by atoms with van der Waals surface area (Å²) in [6, 6.07) is 9.03. The molecule has 1 heterocycles. The highest BCUT2D eigenvalue weighted by atomic mass is 35.5. The average molecular weight is 476 g/mol. The van der Waals surface area contributed by atoms with E-state index in [-0.39, 0.29) is 17.1 Å². The van der Waals surface area contributed by atoms with Crippen LogP contribution >= 0.6 is 22.9 Å². The van der Waals surface area contributed by atoms with Crippen molar-refractivity contribution in [3.05, 3.63) is 64.1 Å². The van der Waals surface area contributed by atoms with Crippen molar-refractivity contribution in [3.8, 4) is 10.6 Å². The third kappa shape index (κ3) is 5.49. The van der Waals surface area contributed by atoms with Crippen LogP contribution in [0, 0.1) is 0 Å². The van der Waals surface area contributed by atoms with Gasteiger partial charge in [-0.25, -0.2) is 13.4 Å². The van der Waals surface area contributed by atoms with E-state index in [1.54, 1.807) is 24.3 Å². The molecule has 30 heavy (non-hydrogen) atoms. The van der Waals surface area contributed by atoms with Gasteiger partial charge in [0.2, 0.25) is 10.0 Å². The molecule has 1 amide bonds. The zero-order valence-electron chi connectivity index (χ0n) is 15.1. The van der Waals surface area contributed by atoms with Crippen molar-refractivity contribution in [2.24, 2.45) is 0 Å². The van der Waals surface area contributed by atoms with Gasteiger partial charge in [0, 0.05) is 16.0 Å². The van der Waals surface area contributed by atoms with Crippen molar-refractivity contribution in [2.75, 3.05) is 16.3 Å². The van der Waals surface area contributed by atoms with Crippen LogP contribution in [0.25, 0.3) is 10.6 Å². The number of hydrogen-bond donors (Lipinski definition) is 2. The van der Waals surface area contributed by atoms with Gasteiger partial charge in [0.15, 0.2) is 0 Å². The summed E-state index contributed by atoms with van der Waals surface area (Å²) >= 11 is 7.00. The van der Waals surface area contributed by atoms with Crippen LogP contribution in [0.15, 0.2) is 47.8 Å². The highest BCUT2D eigenvalue weighted by Gasteiger charge is 2.31. The minimum atomic E-state index is -4.68. The van der Waals surface area contributed by atoms with E-state index in [1.807, 2.05) is 0 Å². The maximum Gasteiger partial charge on any atom is 0.416 e. The number of nitrogens with zero attached hydrogens (tertiary/aromatic N) is 1. The van der Waals surface area contributed by atoms with Crippen molar-refractivity contribution in [1.29, 1.82) is 0 Å². The number of carbonyl (C=O) groups is 1. The molecule has 12 heteroatoms. The van der Waals surface area contributed by atoms with Crippen molar-refractivity contribution < 1.29 is 26.4 Å². The summed E-state index contributed by atoms with van der Waals surface area (Å²) in [6.45, 7) is 0. The Morgan fingerprint density at radius 3 is 2.37 bits per heavy atom. The fourth-order valence-corrected chi connectivity index (χ4v) is 3.91. The lowest BCUT2D eigenvalue weighted by molar-refractivity contribution is -0.137. The van der Waals surface area contributed by atoms with E-state index in [2.05, 4.69) is 15.0 Å².